The van der Waals surface area contributed by atoms with Crippen molar-refractivity contribution in [3.8, 4) is 5.75 Å². The second-order valence-corrected chi connectivity index (χ2v) is 5.13. The van der Waals surface area contributed by atoms with Gasteiger partial charge in [-0.15, -0.1) is 0 Å². The molecule has 92 valence electrons. The van der Waals surface area contributed by atoms with Crippen LogP contribution in [0.15, 0.2) is 18.2 Å². The summed E-state index contributed by atoms with van der Waals surface area (Å²) in [4.78, 5) is 11.8. The smallest absolute Gasteiger partial charge is 0.170 e. The highest BCUT2D eigenvalue weighted by atomic mass is 32.2. The third kappa shape index (κ3) is 3.00. The first-order valence-corrected chi connectivity index (χ1v) is 7.08. The standard InChI is InChI=1S/C13H15FO2S/c1-17-6-2-3-10-8-12(15)11-7-9(14)4-5-13(11)16-10/h4-5,7,10H,2-3,6,8H2,1H3. The molecule has 1 atom stereocenters. The molecule has 4 heteroatoms. The van der Waals surface area contributed by atoms with Crippen LogP contribution in [0.2, 0.25) is 0 Å². The molecule has 1 aliphatic heterocycles. The molecule has 1 aromatic rings. The van der Waals surface area contributed by atoms with Crippen LogP contribution in [0.5, 0.6) is 5.75 Å². The van der Waals surface area contributed by atoms with Crippen molar-refractivity contribution in [1.29, 1.82) is 0 Å². The number of rotatable bonds is 4. The number of carbonyl (C=O) groups excluding carboxylic acids is 1. The summed E-state index contributed by atoms with van der Waals surface area (Å²) in [5.74, 6) is 1.20. The highest BCUT2D eigenvalue weighted by molar-refractivity contribution is 7.98. The Bertz CT molecular complexity index is 420. The van der Waals surface area contributed by atoms with Crippen LogP contribution in [0.25, 0.3) is 0 Å². The molecule has 1 heterocycles. The first-order valence-electron chi connectivity index (χ1n) is 5.69. The minimum atomic E-state index is -0.387. The van der Waals surface area contributed by atoms with E-state index in [9.17, 15) is 9.18 Å². The van der Waals surface area contributed by atoms with E-state index in [0.29, 0.717) is 17.7 Å². The van der Waals surface area contributed by atoms with E-state index in [1.807, 2.05) is 0 Å². The molecule has 2 nitrogen and oxygen atoms in total. The number of Topliss-reactive ketones (excluding diaryl/α,β-unsaturated/α-hetero) is 1. The molecule has 0 amide bonds. The maximum Gasteiger partial charge on any atom is 0.170 e. The summed E-state index contributed by atoms with van der Waals surface area (Å²) in [6.45, 7) is 0. The van der Waals surface area contributed by atoms with Gasteiger partial charge in [0.1, 0.15) is 17.7 Å². The van der Waals surface area contributed by atoms with E-state index in [0.717, 1.165) is 18.6 Å². The monoisotopic (exact) mass is 254 g/mol. The summed E-state index contributed by atoms with van der Waals surface area (Å²) in [6.07, 6.45) is 4.29. The molecule has 0 aromatic heterocycles. The lowest BCUT2D eigenvalue weighted by atomic mass is 9.98. The maximum absolute atomic E-state index is 13.0. The molecule has 0 radical (unpaired) electrons. The number of hydrogen-bond acceptors (Lipinski definition) is 3. The van der Waals surface area contributed by atoms with Gasteiger partial charge in [-0.2, -0.15) is 11.8 Å². The fourth-order valence-electron chi connectivity index (χ4n) is 1.98. The van der Waals surface area contributed by atoms with Crippen LogP contribution in [0, 0.1) is 5.82 Å². The van der Waals surface area contributed by atoms with E-state index in [-0.39, 0.29) is 17.7 Å². The topological polar surface area (TPSA) is 26.3 Å². The summed E-state index contributed by atoms with van der Waals surface area (Å²) in [7, 11) is 0. The minimum Gasteiger partial charge on any atom is -0.489 e. The Balaban J connectivity index is 2.06. The predicted molar refractivity (Wildman–Crippen MR) is 67.4 cm³/mol. The molecule has 2 rings (SSSR count). The first-order chi connectivity index (χ1) is 8.20. The molecule has 0 spiro atoms. The van der Waals surface area contributed by atoms with E-state index in [1.54, 1.807) is 17.8 Å². The molecule has 1 unspecified atom stereocenters. The summed E-state index contributed by atoms with van der Waals surface area (Å²) < 4.78 is 18.7. The van der Waals surface area contributed by atoms with E-state index >= 15 is 0 Å². The third-order valence-electron chi connectivity index (χ3n) is 2.82. The van der Waals surface area contributed by atoms with Gasteiger partial charge in [-0.25, -0.2) is 4.39 Å². The van der Waals surface area contributed by atoms with Gasteiger partial charge in [-0.1, -0.05) is 0 Å². The lowest BCUT2D eigenvalue weighted by molar-refractivity contribution is 0.0837. The van der Waals surface area contributed by atoms with Gasteiger partial charge in [-0.05, 0) is 43.0 Å². The van der Waals surface area contributed by atoms with Crippen LogP contribution in [0.4, 0.5) is 4.39 Å². The van der Waals surface area contributed by atoms with Crippen LogP contribution in [0.3, 0.4) is 0 Å². The molecule has 1 aromatic carbocycles. The summed E-state index contributed by atoms with van der Waals surface area (Å²) in [5.41, 5.74) is 0.381. The Morgan fingerprint density at radius 3 is 3.12 bits per heavy atom. The van der Waals surface area contributed by atoms with Gasteiger partial charge in [0.05, 0.1) is 5.56 Å². The van der Waals surface area contributed by atoms with Crippen LogP contribution in [-0.2, 0) is 0 Å². The van der Waals surface area contributed by atoms with Crippen molar-refractivity contribution in [3.05, 3.63) is 29.6 Å². The number of hydrogen-bond donors (Lipinski definition) is 0. The molecular weight excluding hydrogens is 239 g/mol. The molecule has 0 saturated heterocycles. The summed E-state index contributed by atoms with van der Waals surface area (Å²) in [5, 5.41) is 0. The quantitative estimate of drug-likeness (QED) is 0.771. The van der Waals surface area contributed by atoms with E-state index in [4.69, 9.17) is 4.74 Å². The van der Waals surface area contributed by atoms with Gasteiger partial charge in [0.25, 0.3) is 0 Å². The number of fused-ring (bicyclic) bond motifs is 1. The molecule has 1 aliphatic rings. The van der Waals surface area contributed by atoms with Gasteiger partial charge in [0.2, 0.25) is 0 Å². The zero-order valence-electron chi connectivity index (χ0n) is 9.74. The zero-order chi connectivity index (χ0) is 12.3. The van der Waals surface area contributed by atoms with E-state index in [2.05, 4.69) is 6.26 Å². The Morgan fingerprint density at radius 2 is 2.35 bits per heavy atom. The lowest BCUT2D eigenvalue weighted by Gasteiger charge is -2.25. The maximum atomic E-state index is 13.0. The molecule has 17 heavy (non-hydrogen) atoms. The van der Waals surface area contributed by atoms with Crippen molar-refractivity contribution in [3.63, 3.8) is 0 Å². The fraction of sp³-hybridized carbons (Fsp3) is 0.462. The van der Waals surface area contributed by atoms with Crippen molar-refractivity contribution in [2.75, 3.05) is 12.0 Å². The fourth-order valence-corrected chi connectivity index (χ4v) is 2.43. The number of halogens is 1. The largest absolute Gasteiger partial charge is 0.489 e. The zero-order valence-corrected chi connectivity index (χ0v) is 10.6. The van der Waals surface area contributed by atoms with Crippen molar-refractivity contribution in [2.45, 2.75) is 25.4 Å². The van der Waals surface area contributed by atoms with E-state index < -0.39 is 0 Å². The van der Waals surface area contributed by atoms with Crippen molar-refractivity contribution in [1.82, 2.24) is 0 Å². The average molecular weight is 254 g/mol. The molecule has 0 saturated carbocycles. The highest BCUT2D eigenvalue weighted by Crippen LogP contribution is 2.29. The summed E-state index contributed by atoms with van der Waals surface area (Å²) in [6, 6.07) is 4.13. The normalized spacial score (nSPS) is 18.7. The number of thioether (sulfide) groups is 1. The molecule has 0 N–H and O–H groups in total. The van der Waals surface area contributed by atoms with Crippen molar-refractivity contribution in [2.24, 2.45) is 0 Å². The SMILES string of the molecule is CSCCCC1CC(=O)c2cc(F)ccc2O1. The van der Waals surface area contributed by atoms with Gasteiger partial charge < -0.3 is 4.74 Å². The Kier molecular flexibility index (Phi) is 4.05. The minimum absolute atomic E-state index is 0.0140. The van der Waals surface area contributed by atoms with Crippen LogP contribution in [0.1, 0.15) is 29.6 Å². The Hall–Kier alpha value is -1.03. The second-order valence-electron chi connectivity index (χ2n) is 4.14. The highest BCUT2D eigenvalue weighted by Gasteiger charge is 2.26. The van der Waals surface area contributed by atoms with Gasteiger partial charge >= 0.3 is 0 Å². The average Bonchev–Trinajstić information content (AvgIpc) is 2.31. The lowest BCUT2D eigenvalue weighted by Crippen LogP contribution is -2.27. The van der Waals surface area contributed by atoms with E-state index in [1.165, 1.54) is 12.1 Å². The number of benzene rings is 1. The van der Waals surface area contributed by atoms with Crippen molar-refractivity contribution < 1.29 is 13.9 Å². The molecule has 0 aliphatic carbocycles. The van der Waals surface area contributed by atoms with Crippen LogP contribution < -0.4 is 4.74 Å². The summed E-state index contributed by atoms with van der Waals surface area (Å²) >= 11 is 1.79. The van der Waals surface area contributed by atoms with Crippen molar-refractivity contribution >= 4 is 17.5 Å². The van der Waals surface area contributed by atoms with Gasteiger partial charge in [0, 0.05) is 6.42 Å². The Labute approximate surface area is 105 Å². The number of ether oxygens (including phenoxy) is 1. The molecule has 0 fully saturated rings. The number of ketones is 1. The van der Waals surface area contributed by atoms with Gasteiger partial charge in [-0.3, -0.25) is 4.79 Å². The third-order valence-corrected chi connectivity index (χ3v) is 3.52. The predicted octanol–water partition coefficient (Wildman–Crippen LogP) is 3.30. The van der Waals surface area contributed by atoms with Crippen LogP contribution in [-0.4, -0.2) is 23.9 Å². The first kappa shape index (κ1) is 12.4. The van der Waals surface area contributed by atoms with Gasteiger partial charge in [0.15, 0.2) is 5.78 Å². The number of carbonyl (C=O) groups is 1. The molecular formula is C13H15FO2S. The van der Waals surface area contributed by atoms with Crippen LogP contribution >= 0.6 is 11.8 Å². The second kappa shape index (κ2) is 5.54. The Morgan fingerprint density at radius 1 is 1.53 bits per heavy atom. The molecule has 0 bridgehead atoms.